The molecule has 0 radical (unpaired) electrons. The maximum absolute atomic E-state index is 12.8. The Kier molecular flexibility index (Phi) is 4.08. The number of nitrogens with zero attached hydrogens (tertiary/aromatic N) is 5. The first-order valence-electron chi connectivity index (χ1n) is 8.27. The molecule has 0 aliphatic carbocycles. The summed E-state index contributed by atoms with van der Waals surface area (Å²) in [5, 5.41) is 14.0. The molecule has 0 bridgehead atoms. The standard InChI is InChI=1S/C20H12F3N5/c1-12-17-11-25-28(16-8-2-13(10-24)3-9-16)19(17)27-18(26-12)14-4-6-15(7-5-14)20(21,22)23/h2-9,11H,1H3. The summed E-state index contributed by atoms with van der Waals surface area (Å²) < 4.78 is 40.0. The number of benzene rings is 2. The zero-order valence-electron chi connectivity index (χ0n) is 14.6. The molecule has 0 saturated carbocycles. The van der Waals surface area contributed by atoms with Crippen LogP contribution in [0.4, 0.5) is 13.2 Å². The van der Waals surface area contributed by atoms with Gasteiger partial charge in [-0.3, -0.25) is 0 Å². The molecule has 138 valence electrons. The van der Waals surface area contributed by atoms with E-state index in [9.17, 15) is 13.2 Å². The Hall–Kier alpha value is -3.73. The van der Waals surface area contributed by atoms with E-state index in [1.807, 2.05) is 0 Å². The third kappa shape index (κ3) is 3.07. The van der Waals surface area contributed by atoms with E-state index in [0.29, 0.717) is 34.0 Å². The summed E-state index contributed by atoms with van der Waals surface area (Å²) >= 11 is 0. The molecule has 5 nitrogen and oxygen atoms in total. The summed E-state index contributed by atoms with van der Waals surface area (Å²) in [6, 6.07) is 13.6. The minimum atomic E-state index is -4.40. The Balaban J connectivity index is 1.82. The number of hydrogen-bond donors (Lipinski definition) is 0. The highest BCUT2D eigenvalue weighted by molar-refractivity contribution is 5.80. The van der Waals surface area contributed by atoms with Gasteiger partial charge in [0.25, 0.3) is 0 Å². The number of fused-ring (bicyclic) bond motifs is 1. The minimum Gasteiger partial charge on any atom is -0.233 e. The lowest BCUT2D eigenvalue weighted by molar-refractivity contribution is -0.137. The van der Waals surface area contributed by atoms with Crippen LogP contribution >= 0.6 is 0 Å². The summed E-state index contributed by atoms with van der Waals surface area (Å²) in [5.74, 6) is 0.314. The van der Waals surface area contributed by atoms with Crippen LogP contribution in [0.5, 0.6) is 0 Å². The van der Waals surface area contributed by atoms with Gasteiger partial charge in [0.15, 0.2) is 11.5 Å². The molecule has 0 amide bonds. The highest BCUT2D eigenvalue weighted by atomic mass is 19.4. The van der Waals surface area contributed by atoms with Crippen molar-refractivity contribution in [1.29, 1.82) is 5.26 Å². The van der Waals surface area contributed by atoms with Gasteiger partial charge in [0.1, 0.15) is 0 Å². The van der Waals surface area contributed by atoms with Crippen LogP contribution < -0.4 is 0 Å². The summed E-state index contributed by atoms with van der Waals surface area (Å²) in [6.45, 7) is 1.79. The average Bonchev–Trinajstić information content (AvgIpc) is 3.12. The van der Waals surface area contributed by atoms with Gasteiger partial charge in [-0.15, -0.1) is 0 Å². The normalized spacial score (nSPS) is 11.5. The quantitative estimate of drug-likeness (QED) is 0.507. The van der Waals surface area contributed by atoms with Crippen molar-refractivity contribution in [3.05, 3.63) is 71.5 Å². The van der Waals surface area contributed by atoms with E-state index in [4.69, 9.17) is 5.26 Å². The van der Waals surface area contributed by atoms with Crippen LogP contribution in [-0.2, 0) is 6.18 Å². The van der Waals surface area contributed by atoms with Crippen LogP contribution in [0.15, 0.2) is 54.7 Å². The number of alkyl halides is 3. The third-order valence-electron chi connectivity index (χ3n) is 4.33. The smallest absolute Gasteiger partial charge is 0.233 e. The number of aromatic nitrogens is 4. The highest BCUT2D eigenvalue weighted by Gasteiger charge is 2.30. The maximum Gasteiger partial charge on any atom is 0.416 e. The first kappa shape index (κ1) is 17.7. The summed E-state index contributed by atoms with van der Waals surface area (Å²) in [7, 11) is 0. The number of rotatable bonds is 2. The van der Waals surface area contributed by atoms with E-state index in [1.54, 1.807) is 42.1 Å². The zero-order chi connectivity index (χ0) is 19.9. The van der Waals surface area contributed by atoms with Crippen molar-refractivity contribution in [1.82, 2.24) is 19.7 Å². The van der Waals surface area contributed by atoms with Crippen molar-refractivity contribution in [2.75, 3.05) is 0 Å². The van der Waals surface area contributed by atoms with Crippen LogP contribution in [0.2, 0.25) is 0 Å². The van der Waals surface area contributed by atoms with Crippen LogP contribution in [0.1, 0.15) is 16.8 Å². The third-order valence-corrected chi connectivity index (χ3v) is 4.33. The minimum absolute atomic E-state index is 0.314. The fourth-order valence-corrected chi connectivity index (χ4v) is 2.85. The average molecular weight is 379 g/mol. The van der Waals surface area contributed by atoms with Gasteiger partial charge in [0.05, 0.1) is 40.2 Å². The molecule has 28 heavy (non-hydrogen) atoms. The van der Waals surface area contributed by atoms with Crippen molar-refractivity contribution in [2.24, 2.45) is 0 Å². The number of hydrogen-bond acceptors (Lipinski definition) is 4. The molecule has 0 spiro atoms. The number of aryl methyl sites for hydroxylation is 1. The molecule has 0 aliphatic rings. The van der Waals surface area contributed by atoms with Crippen LogP contribution in [0, 0.1) is 18.3 Å². The molecule has 0 unspecified atom stereocenters. The molecular formula is C20H12F3N5. The van der Waals surface area contributed by atoms with E-state index in [-0.39, 0.29) is 0 Å². The predicted molar refractivity (Wildman–Crippen MR) is 96.6 cm³/mol. The maximum atomic E-state index is 12.8. The Morgan fingerprint density at radius 2 is 1.64 bits per heavy atom. The fraction of sp³-hybridized carbons (Fsp3) is 0.100. The van der Waals surface area contributed by atoms with Crippen molar-refractivity contribution < 1.29 is 13.2 Å². The molecule has 8 heteroatoms. The van der Waals surface area contributed by atoms with E-state index in [0.717, 1.165) is 17.5 Å². The molecule has 2 aromatic heterocycles. The second-order valence-corrected chi connectivity index (χ2v) is 6.16. The van der Waals surface area contributed by atoms with Crippen molar-refractivity contribution >= 4 is 11.0 Å². The van der Waals surface area contributed by atoms with Crippen molar-refractivity contribution in [3.8, 4) is 23.1 Å². The van der Waals surface area contributed by atoms with Crippen LogP contribution in [-0.4, -0.2) is 19.7 Å². The Morgan fingerprint density at radius 1 is 0.964 bits per heavy atom. The second-order valence-electron chi connectivity index (χ2n) is 6.16. The largest absolute Gasteiger partial charge is 0.416 e. The van der Waals surface area contributed by atoms with Gasteiger partial charge in [-0.05, 0) is 43.3 Å². The molecular weight excluding hydrogens is 367 g/mol. The molecule has 0 N–H and O–H groups in total. The van der Waals surface area contributed by atoms with Gasteiger partial charge in [0, 0.05) is 5.56 Å². The number of halogens is 3. The molecule has 0 atom stereocenters. The molecule has 4 rings (SSSR count). The van der Waals surface area contributed by atoms with Crippen molar-refractivity contribution in [2.45, 2.75) is 13.1 Å². The summed E-state index contributed by atoms with van der Waals surface area (Å²) in [4.78, 5) is 8.93. The van der Waals surface area contributed by atoms with E-state index in [1.165, 1.54) is 12.1 Å². The molecule has 2 aromatic carbocycles. The van der Waals surface area contributed by atoms with Gasteiger partial charge >= 0.3 is 6.18 Å². The first-order chi connectivity index (χ1) is 13.4. The van der Waals surface area contributed by atoms with Gasteiger partial charge in [0.2, 0.25) is 0 Å². The van der Waals surface area contributed by atoms with Gasteiger partial charge in [-0.25, -0.2) is 14.6 Å². The van der Waals surface area contributed by atoms with Crippen LogP contribution in [0.25, 0.3) is 28.1 Å². The van der Waals surface area contributed by atoms with Gasteiger partial charge in [-0.2, -0.15) is 23.5 Å². The lowest BCUT2D eigenvalue weighted by Gasteiger charge is -2.08. The molecule has 2 heterocycles. The highest BCUT2D eigenvalue weighted by Crippen LogP contribution is 2.31. The molecule has 0 fully saturated rings. The fourth-order valence-electron chi connectivity index (χ4n) is 2.85. The van der Waals surface area contributed by atoms with Crippen molar-refractivity contribution in [3.63, 3.8) is 0 Å². The van der Waals surface area contributed by atoms with E-state index < -0.39 is 11.7 Å². The topological polar surface area (TPSA) is 67.4 Å². The molecule has 0 saturated heterocycles. The molecule has 4 aromatic rings. The Labute approximate surface area is 157 Å². The Bertz CT molecular complexity index is 1200. The monoisotopic (exact) mass is 379 g/mol. The summed E-state index contributed by atoms with van der Waals surface area (Å²) in [5.41, 5.74) is 2.19. The lowest BCUT2D eigenvalue weighted by Crippen LogP contribution is -2.04. The summed E-state index contributed by atoms with van der Waals surface area (Å²) in [6.07, 6.45) is -2.76. The van der Waals surface area contributed by atoms with E-state index in [2.05, 4.69) is 21.1 Å². The zero-order valence-corrected chi connectivity index (χ0v) is 14.6. The predicted octanol–water partition coefficient (Wildman–Crippen LogP) is 4.68. The molecule has 0 aliphatic heterocycles. The second kappa shape index (κ2) is 6.46. The van der Waals surface area contributed by atoms with Crippen LogP contribution in [0.3, 0.4) is 0 Å². The van der Waals surface area contributed by atoms with Gasteiger partial charge in [-0.1, -0.05) is 12.1 Å². The lowest BCUT2D eigenvalue weighted by atomic mass is 10.1. The van der Waals surface area contributed by atoms with Gasteiger partial charge < -0.3 is 0 Å². The van der Waals surface area contributed by atoms with E-state index >= 15 is 0 Å². The SMILES string of the molecule is Cc1nc(-c2ccc(C(F)(F)F)cc2)nc2c1cnn2-c1ccc(C#N)cc1. The first-order valence-corrected chi connectivity index (χ1v) is 8.27. The number of nitriles is 1. The Morgan fingerprint density at radius 3 is 2.25 bits per heavy atom.